The van der Waals surface area contributed by atoms with E-state index in [0.29, 0.717) is 24.1 Å². The summed E-state index contributed by atoms with van der Waals surface area (Å²) in [7, 11) is 0. The molecule has 2 N–H and O–H groups in total. The second-order valence-electron chi connectivity index (χ2n) is 4.83. The third-order valence-corrected chi connectivity index (χ3v) is 3.46. The molecule has 0 aliphatic carbocycles. The van der Waals surface area contributed by atoms with Gasteiger partial charge in [0.05, 0.1) is 6.61 Å². The van der Waals surface area contributed by atoms with Crippen LogP contribution < -0.4 is 15.7 Å². The highest BCUT2D eigenvalue weighted by Gasteiger charge is 2.13. The van der Waals surface area contributed by atoms with Gasteiger partial charge in [-0.25, -0.2) is 19.3 Å². The lowest BCUT2D eigenvalue weighted by molar-refractivity contribution is 0.247. The summed E-state index contributed by atoms with van der Waals surface area (Å²) in [5.41, 5.74) is 0.233. The molecule has 1 saturated heterocycles. The molecule has 0 bridgehead atoms. The van der Waals surface area contributed by atoms with Crippen LogP contribution in [0.15, 0.2) is 17.2 Å². The number of rotatable bonds is 4. The van der Waals surface area contributed by atoms with Crippen LogP contribution >= 0.6 is 0 Å². The van der Waals surface area contributed by atoms with Gasteiger partial charge in [-0.15, -0.1) is 0 Å². The Hall–Kier alpha value is -1.89. The fourth-order valence-electron chi connectivity index (χ4n) is 2.37. The molecule has 2 aromatic heterocycles. The van der Waals surface area contributed by atoms with Gasteiger partial charge in [0.2, 0.25) is 5.88 Å². The van der Waals surface area contributed by atoms with E-state index in [4.69, 9.17) is 4.74 Å². The van der Waals surface area contributed by atoms with E-state index >= 15 is 0 Å². The smallest absolute Gasteiger partial charge is 0.348 e. The largest absolute Gasteiger partial charge is 0.478 e. The molecule has 0 amide bonds. The molecule has 3 rings (SSSR count). The van der Waals surface area contributed by atoms with E-state index in [2.05, 4.69) is 20.5 Å². The van der Waals surface area contributed by atoms with E-state index in [1.54, 1.807) is 6.07 Å². The molecule has 0 spiro atoms. The average Bonchev–Trinajstić information content (AvgIpc) is 2.81. The highest BCUT2D eigenvalue weighted by molar-refractivity contribution is 5.38. The lowest BCUT2D eigenvalue weighted by Gasteiger charge is -2.22. The Morgan fingerprint density at radius 2 is 2.47 bits per heavy atom. The van der Waals surface area contributed by atoms with Crippen molar-refractivity contribution in [2.24, 2.45) is 5.92 Å². The third-order valence-electron chi connectivity index (χ3n) is 3.46. The Balaban J connectivity index is 1.57. The number of nitrogens with zero attached hydrogens (tertiary/aromatic N) is 3. The number of aromatic nitrogens is 4. The van der Waals surface area contributed by atoms with Crippen molar-refractivity contribution in [1.29, 1.82) is 0 Å². The summed E-state index contributed by atoms with van der Waals surface area (Å²) in [5, 5.41) is 9.62. The first kappa shape index (κ1) is 12.2. The number of fused-ring (bicyclic) bond motifs is 1. The zero-order valence-corrected chi connectivity index (χ0v) is 10.6. The summed E-state index contributed by atoms with van der Waals surface area (Å²) < 4.78 is 6.96. The van der Waals surface area contributed by atoms with Crippen LogP contribution in [0.3, 0.4) is 0 Å². The Labute approximate surface area is 110 Å². The summed E-state index contributed by atoms with van der Waals surface area (Å²) in [4.78, 5) is 15.4. The monoisotopic (exact) mass is 263 g/mol. The molecule has 7 heteroatoms. The molecule has 102 valence electrons. The SMILES string of the molecule is O=c1[nH]nc2cc(OCCC3CCCNC3)ncn12. The molecule has 3 heterocycles. The molecule has 2 aromatic rings. The van der Waals surface area contributed by atoms with Gasteiger partial charge in [-0.05, 0) is 38.3 Å². The van der Waals surface area contributed by atoms with Gasteiger partial charge >= 0.3 is 5.69 Å². The summed E-state index contributed by atoms with van der Waals surface area (Å²) >= 11 is 0. The number of nitrogens with one attached hydrogen (secondary N) is 2. The van der Waals surface area contributed by atoms with Gasteiger partial charge < -0.3 is 10.1 Å². The van der Waals surface area contributed by atoms with Crippen molar-refractivity contribution in [3.8, 4) is 5.88 Å². The number of ether oxygens (including phenoxy) is 1. The highest BCUT2D eigenvalue weighted by Crippen LogP contribution is 2.15. The van der Waals surface area contributed by atoms with Crippen LogP contribution in [0.25, 0.3) is 5.65 Å². The molecule has 7 nitrogen and oxygen atoms in total. The Morgan fingerprint density at radius 3 is 3.32 bits per heavy atom. The minimum atomic E-state index is -0.290. The summed E-state index contributed by atoms with van der Waals surface area (Å²) in [6.45, 7) is 2.85. The van der Waals surface area contributed by atoms with Crippen molar-refractivity contribution < 1.29 is 4.74 Å². The summed E-state index contributed by atoms with van der Waals surface area (Å²) in [6, 6.07) is 1.66. The lowest BCUT2D eigenvalue weighted by atomic mass is 9.97. The van der Waals surface area contributed by atoms with E-state index < -0.39 is 0 Å². The van der Waals surface area contributed by atoms with E-state index in [0.717, 1.165) is 19.5 Å². The molecule has 0 radical (unpaired) electrons. The lowest BCUT2D eigenvalue weighted by Crippen LogP contribution is -2.30. The molecule has 19 heavy (non-hydrogen) atoms. The van der Waals surface area contributed by atoms with Crippen LogP contribution in [0.4, 0.5) is 0 Å². The quantitative estimate of drug-likeness (QED) is 0.822. The predicted molar refractivity (Wildman–Crippen MR) is 69.3 cm³/mol. The first-order chi connectivity index (χ1) is 9.33. The number of hydrogen-bond acceptors (Lipinski definition) is 5. The van der Waals surface area contributed by atoms with Crippen LogP contribution in [0.1, 0.15) is 19.3 Å². The normalized spacial score (nSPS) is 19.7. The molecule has 0 aromatic carbocycles. The van der Waals surface area contributed by atoms with Gasteiger partial charge in [0.25, 0.3) is 0 Å². The molecule has 1 aliphatic rings. The zero-order valence-electron chi connectivity index (χ0n) is 10.6. The second kappa shape index (κ2) is 5.40. The average molecular weight is 263 g/mol. The van der Waals surface area contributed by atoms with E-state index in [1.807, 2.05) is 0 Å². The van der Waals surface area contributed by atoms with Crippen molar-refractivity contribution >= 4 is 5.65 Å². The number of H-pyrrole nitrogens is 1. The van der Waals surface area contributed by atoms with Gasteiger partial charge in [0, 0.05) is 6.07 Å². The third kappa shape index (κ3) is 2.76. The molecule has 0 saturated carbocycles. The van der Waals surface area contributed by atoms with Crippen molar-refractivity contribution in [1.82, 2.24) is 24.9 Å². The first-order valence-corrected chi connectivity index (χ1v) is 6.59. The molecule has 1 fully saturated rings. The Kier molecular flexibility index (Phi) is 3.45. The maximum Gasteiger partial charge on any atom is 0.348 e. The molecule has 1 aliphatic heterocycles. The van der Waals surface area contributed by atoms with Gasteiger partial charge in [0.1, 0.15) is 6.33 Å². The van der Waals surface area contributed by atoms with Gasteiger partial charge in [0.15, 0.2) is 5.65 Å². The second-order valence-corrected chi connectivity index (χ2v) is 4.83. The predicted octanol–water partition coefficient (Wildman–Crippen LogP) is 0.186. The van der Waals surface area contributed by atoms with Gasteiger partial charge in [-0.2, -0.15) is 5.10 Å². The van der Waals surface area contributed by atoms with Crippen LogP contribution in [0.2, 0.25) is 0 Å². The van der Waals surface area contributed by atoms with Crippen LogP contribution in [0.5, 0.6) is 5.88 Å². The fraction of sp³-hybridized carbons (Fsp3) is 0.583. The van der Waals surface area contributed by atoms with Crippen molar-refractivity contribution in [3.63, 3.8) is 0 Å². The maximum absolute atomic E-state index is 11.3. The highest BCUT2D eigenvalue weighted by atomic mass is 16.5. The van der Waals surface area contributed by atoms with Gasteiger partial charge in [-0.1, -0.05) is 0 Å². The summed E-state index contributed by atoms with van der Waals surface area (Å²) in [6.07, 6.45) is 4.95. The van der Waals surface area contributed by atoms with E-state index in [9.17, 15) is 4.79 Å². The number of piperidine rings is 1. The van der Waals surface area contributed by atoms with Crippen molar-refractivity contribution in [2.45, 2.75) is 19.3 Å². The number of hydrogen-bond donors (Lipinski definition) is 2. The van der Waals surface area contributed by atoms with E-state index in [-0.39, 0.29) is 5.69 Å². The van der Waals surface area contributed by atoms with E-state index in [1.165, 1.54) is 23.6 Å². The minimum absolute atomic E-state index is 0.290. The fourth-order valence-corrected chi connectivity index (χ4v) is 2.37. The zero-order chi connectivity index (χ0) is 13.1. The van der Waals surface area contributed by atoms with Gasteiger partial charge in [-0.3, -0.25) is 0 Å². The van der Waals surface area contributed by atoms with Crippen LogP contribution in [-0.4, -0.2) is 39.3 Å². The van der Waals surface area contributed by atoms with Crippen molar-refractivity contribution in [3.05, 3.63) is 22.9 Å². The molecular weight excluding hydrogens is 246 g/mol. The first-order valence-electron chi connectivity index (χ1n) is 6.59. The molecule has 1 unspecified atom stereocenters. The maximum atomic E-state index is 11.3. The van der Waals surface area contributed by atoms with Crippen molar-refractivity contribution in [2.75, 3.05) is 19.7 Å². The Bertz CT molecular complexity index is 599. The standard InChI is InChI=1S/C12H17N5O2/c18-12-16-15-10-6-11(14-8-17(10)12)19-5-3-9-2-1-4-13-7-9/h6,8-9,13H,1-5,7H2,(H,16,18). The Morgan fingerprint density at radius 1 is 1.53 bits per heavy atom. The molecule has 1 atom stereocenters. The van der Waals surface area contributed by atoms with Crippen LogP contribution in [-0.2, 0) is 0 Å². The molecular formula is C12H17N5O2. The number of aromatic amines is 1. The summed E-state index contributed by atoms with van der Waals surface area (Å²) in [5.74, 6) is 1.20. The topological polar surface area (TPSA) is 84.3 Å². The minimum Gasteiger partial charge on any atom is -0.478 e. The van der Waals surface area contributed by atoms with Crippen LogP contribution in [0, 0.1) is 5.92 Å².